The summed E-state index contributed by atoms with van der Waals surface area (Å²) in [5, 5.41) is 10.1. The Morgan fingerprint density at radius 3 is 2.67 bits per heavy atom. The molecule has 0 aliphatic heterocycles. The number of aromatic nitrogens is 1. The predicted octanol–water partition coefficient (Wildman–Crippen LogP) is 3.36. The van der Waals surface area contributed by atoms with Gasteiger partial charge >= 0.3 is 0 Å². The van der Waals surface area contributed by atoms with E-state index < -0.39 is 5.91 Å². The molecule has 0 fully saturated rings. The number of hydrogen-bond donors (Lipinski definition) is 1. The first-order chi connectivity index (χ1) is 10.1. The van der Waals surface area contributed by atoms with Gasteiger partial charge in [0, 0.05) is 21.7 Å². The number of nitrogens with zero attached hydrogens (tertiary/aromatic N) is 2. The highest BCUT2D eigenvalue weighted by atomic mass is 79.9. The lowest BCUT2D eigenvalue weighted by Crippen LogP contribution is -2.11. The fourth-order valence-electron chi connectivity index (χ4n) is 2.34. The Labute approximate surface area is 129 Å². The minimum Gasteiger partial charge on any atom is -0.366 e. The van der Waals surface area contributed by atoms with Crippen molar-refractivity contribution in [2.24, 2.45) is 5.73 Å². The normalized spacial score (nSPS) is 10.5. The second kappa shape index (κ2) is 5.08. The summed E-state index contributed by atoms with van der Waals surface area (Å²) < 4.78 is 2.55. The summed E-state index contributed by atoms with van der Waals surface area (Å²) in [5.41, 5.74) is 8.13. The molecule has 0 atom stereocenters. The molecule has 5 heteroatoms. The van der Waals surface area contributed by atoms with Crippen molar-refractivity contribution in [2.45, 2.75) is 0 Å². The molecular formula is C16H10BrN3O. The Morgan fingerprint density at radius 2 is 2.00 bits per heavy atom. The van der Waals surface area contributed by atoms with E-state index in [1.165, 1.54) is 0 Å². The number of halogens is 1. The SMILES string of the molecule is N#Cc1cn(-c2ccc(C(N)=O)c(Br)c2)c2ccccc12. The minimum absolute atomic E-state index is 0.427. The van der Waals surface area contributed by atoms with Gasteiger partial charge in [0.25, 0.3) is 0 Å². The van der Waals surface area contributed by atoms with E-state index in [0.717, 1.165) is 16.6 Å². The number of fused-ring (bicyclic) bond motifs is 1. The molecule has 2 aromatic carbocycles. The molecule has 1 heterocycles. The maximum absolute atomic E-state index is 11.3. The van der Waals surface area contributed by atoms with Crippen LogP contribution in [-0.2, 0) is 0 Å². The van der Waals surface area contributed by atoms with Gasteiger partial charge in [-0.2, -0.15) is 5.26 Å². The van der Waals surface area contributed by atoms with Crippen LogP contribution in [-0.4, -0.2) is 10.5 Å². The molecule has 1 amide bonds. The lowest BCUT2D eigenvalue weighted by molar-refractivity contribution is 0.0999. The number of hydrogen-bond acceptors (Lipinski definition) is 2. The van der Waals surface area contributed by atoms with Crippen LogP contribution in [0.4, 0.5) is 0 Å². The summed E-state index contributed by atoms with van der Waals surface area (Å²) >= 11 is 3.35. The Balaban J connectivity index is 2.24. The van der Waals surface area contributed by atoms with Crippen molar-refractivity contribution < 1.29 is 4.79 Å². The number of nitriles is 1. The Bertz CT molecular complexity index is 906. The summed E-state index contributed by atoms with van der Waals surface area (Å²) in [5.74, 6) is -0.483. The van der Waals surface area contributed by atoms with Crippen LogP contribution in [0, 0.1) is 11.3 Å². The Morgan fingerprint density at radius 1 is 1.24 bits per heavy atom. The van der Waals surface area contributed by atoms with Crippen LogP contribution in [0.1, 0.15) is 15.9 Å². The fourth-order valence-corrected chi connectivity index (χ4v) is 2.90. The number of amides is 1. The zero-order chi connectivity index (χ0) is 15.0. The lowest BCUT2D eigenvalue weighted by atomic mass is 10.2. The van der Waals surface area contributed by atoms with E-state index in [1.807, 2.05) is 34.9 Å². The van der Waals surface area contributed by atoms with E-state index in [1.54, 1.807) is 18.3 Å². The molecule has 0 radical (unpaired) electrons. The van der Waals surface area contributed by atoms with Crippen LogP contribution < -0.4 is 5.73 Å². The fraction of sp³-hybridized carbons (Fsp3) is 0. The van der Waals surface area contributed by atoms with Crippen molar-refractivity contribution in [3.05, 3.63) is 64.3 Å². The van der Waals surface area contributed by atoms with E-state index in [4.69, 9.17) is 5.73 Å². The first-order valence-electron chi connectivity index (χ1n) is 6.21. The van der Waals surface area contributed by atoms with E-state index >= 15 is 0 Å². The summed E-state index contributed by atoms with van der Waals surface area (Å²) in [6.07, 6.45) is 1.79. The monoisotopic (exact) mass is 339 g/mol. The van der Waals surface area contributed by atoms with Crippen molar-refractivity contribution in [3.8, 4) is 11.8 Å². The Hall–Kier alpha value is -2.58. The Kier molecular flexibility index (Phi) is 3.24. The molecule has 3 aromatic rings. The van der Waals surface area contributed by atoms with Gasteiger partial charge < -0.3 is 10.3 Å². The molecule has 0 aliphatic carbocycles. The summed E-state index contributed by atoms with van der Waals surface area (Å²) in [7, 11) is 0. The topological polar surface area (TPSA) is 71.8 Å². The highest BCUT2D eigenvalue weighted by Gasteiger charge is 2.11. The van der Waals surface area contributed by atoms with Crippen LogP contribution >= 0.6 is 15.9 Å². The van der Waals surface area contributed by atoms with Crippen LogP contribution in [0.15, 0.2) is 53.1 Å². The first-order valence-corrected chi connectivity index (χ1v) is 7.01. The van der Waals surface area contributed by atoms with Gasteiger partial charge in [0.2, 0.25) is 5.91 Å². The molecule has 0 unspecified atom stereocenters. The standard InChI is InChI=1S/C16H10BrN3O/c17-14-7-11(5-6-13(14)16(19)21)20-9-10(8-18)12-3-1-2-4-15(12)20/h1-7,9H,(H2,19,21). The van der Waals surface area contributed by atoms with Crippen LogP contribution in [0.5, 0.6) is 0 Å². The number of rotatable bonds is 2. The zero-order valence-electron chi connectivity index (χ0n) is 10.9. The molecule has 0 saturated carbocycles. The van der Waals surface area contributed by atoms with E-state index in [2.05, 4.69) is 22.0 Å². The molecule has 0 bridgehead atoms. The van der Waals surface area contributed by atoms with E-state index in [9.17, 15) is 10.1 Å². The molecule has 2 N–H and O–H groups in total. The van der Waals surface area contributed by atoms with Gasteiger partial charge in [-0.05, 0) is 40.2 Å². The molecule has 4 nitrogen and oxygen atoms in total. The molecule has 102 valence electrons. The molecule has 3 rings (SSSR count). The molecule has 0 aliphatic rings. The highest BCUT2D eigenvalue weighted by Crippen LogP contribution is 2.27. The first kappa shape index (κ1) is 13.4. The van der Waals surface area contributed by atoms with Crippen LogP contribution in [0.3, 0.4) is 0 Å². The van der Waals surface area contributed by atoms with Crippen molar-refractivity contribution in [2.75, 3.05) is 0 Å². The number of para-hydroxylation sites is 1. The second-order valence-electron chi connectivity index (χ2n) is 4.57. The van der Waals surface area contributed by atoms with Gasteiger partial charge in [-0.25, -0.2) is 0 Å². The smallest absolute Gasteiger partial charge is 0.249 e. The number of carbonyl (C=O) groups is 1. The number of primary amides is 1. The second-order valence-corrected chi connectivity index (χ2v) is 5.42. The third-order valence-electron chi connectivity index (χ3n) is 3.33. The van der Waals surface area contributed by atoms with Crippen molar-refractivity contribution in [1.82, 2.24) is 4.57 Å². The van der Waals surface area contributed by atoms with Gasteiger partial charge in [-0.1, -0.05) is 18.2 Å². The molecule has 0 saturated heterocycles. The van der Waals surface area contributed by atoms with Crippen molar-refractivity contribution in [1.29, 1.82) is 5.26 Å². The van der Waals surface area contributed by atoms with E-state index in [0.29, 0.717) is 15.6 Å². The van der Waals surface area contributed by atoms with Gasteiger partial charge in [0.05, 0.1) is 16.6 Å². The van der Waals surface area contributed by atoms with Crippen molar-refractivity contribution in [3.63, 3.8) is 0 Å². The van der Waals surface area contributed by atoms with Gasteiger partial charge in [-0.15, -0.1) is 0 Å². The molecule has 21 heavy (non-hydrogen) atoms. The quantitative estimate of drug-likeness (QED) is 0.777. The predicted molar refractivity (Wildman–Crippen MR) is 84.2 cm³/mol. The summed E-state index contributed by atoms with van der Waals surface area (Å²) in [6, 6.07) is 15.2. The van der Waals surface area contributed by atoms with E-state index in [-0.39, 0.29) is 0 Å². The largest absolute Gasteiger partial charge is 0.366 e. The minimum atomic E-state index is -0.483. The maximum Gasteiger partial charge on any atom is 0.249 e. The van der Waals surface area contributed by atoms with Gasteiger partial charge in [0.15, 0.2) is 0 Å². The number of benzene rings is 2. The van der Waals surface area contributed by atoms with Crippen LogP contribution in [0.2, 0.25) is 0 Å². The summed E-state index contributed by atoms with van der Waals surface area (Å²) in [6.45, 7) is 0. The van der Waals surface area contributed by atoms with Crippen molar-refractivity contribution >= 4 is 32.7 Å². The highest BCUT2D eigenvalue weighted by molar-refractivity contribution is 9.10. The molecule has 1 aromatic heterocycles. The third kappa shape index (κ3) is 2.20. The molecule has 0 spiro atoms. The number of carbonyl (C=O) groups excluding carboxylic acids is 1. The third-order valence-corrected chi connectivity index (χ3v) is 3.98. The average molecular weight is 340 g/mol. The molecular weight excluding hydrogens is 330 g/mol. The van der Waals surface area contributed by atoms with Crippen LogP contribution in [0.25, 0.3) is 16.6 Å². The zero-order valence-corrected chi connectivity index (χ0v) is 12.5. The summed E-state index contributed by atoms with van der Waals surface area (Å²) in [4.78, 5) is 11.3. The lowest BCUT2D eigenvalue weighted by Gasteiger charge is -2.08. The van der Waals surface area contributed by atoms with Gasteiger partial charge in [-0.3, -0.25) is 4.79 Å². The number of nitrogens with two attached hydrogens (primary N) is 1. The maximum atomic E-state index is 11.3. The average Bonchev–Trinajstić information content (AvgIpc) is 2.85. The van der Waals surface area contributed by atoms with Gasteiger partial charge in [0.1, 0.15) is 6.07 Å².